The van der Waals surface area contributed by atoms with Crippen molar-refractivity contribution < 1.29 is 23.8 Å². The molecule has 0 aromatic carbocycles. The number of ether oxygens (including phenoxy) is 3. The molecule has 1 aliphatic heterocycles. The minimum absolute atomic E-state index is 0.171. The molecule has 1 unspecified atom stereocenters. The number of allylic oxidation sites excluding steroid dienone is 1. The Balaban J connectivity index is 2.65. The third-order valence-electron chi connectivity index (χ3n) is 2.03. The van der Waals surface area contributed by atoms with Crippen LogP contribution in [-0.4, -0.2) is 38.2 Å². The van der Waals surface area contributed by atoms with Crippen LogP contribution in [0.1, 0.15) is 12.8 Å². The van der Waals surface area contributed by atoms with E-state index in [1.54, 1.807) is 0 Å². The molecule has 0 saturated carbocycles. The molecular formula is C10H14O5. The summed E-state index contributed by atoms with van der Waals surface area (Å²) in [6.45, 7) is 4.10. The summed E-state index contributed by atoms with van der Waals surface area (Å²) in [6, 6.07) is 0. The molecular weight excluding hydrogens is 200 g/mol. The first-order chi connectivity index (χ1) is 7.15. The van der Waals surface area contributed by atoms with Crippen molar-refractivity contribution in [1.82, 2.24) is 0 Å². The molecule has 0 radical (unpaired) electrons. The molecule has 0 aromatic heterocycles. The normalized spacial score (nSPS) is 23.4. The second kappa shape index (κ2) is 5.50. The Bertz CT molecular complexity index is 271. The summed E-state index contributed by atoms with van der Waals surface area (Å²) in [5, 5.41) is 0. The zero-order valence-corrected chi connectivity index (χ0v) is 8.65. The van der Waals surface area contributed by atoms with E-state index in [1.807, 2.05) is 0 Å². The van der Waals surface area contributed by atoms with Gasteiger partial charge in [0.05, 0.1) is 19.5 Å². The fraction of sp³-hybridized carbons (Fsp3) is 0.600. The minimum Gasteiger partial charge on any atom is -0.496 e. The largest absolute Gasteiger partial charge is 0.496 e. The van der Waals surface area contributed by atoms with Gasteiger partial charge in [-0.05, 0) is 0 Å². The van der Waals surface area contributed by atoms with E-state index in [4.69, 9.17) is 9.47 Å². The lowest BCUT2D eigenvalue weighted by molar-refractivity contribution is -0.159. The van der Waals surface area contributed by atoms with E-state index in [-0.39, 0.29) is 18.8 Å². The highest BCUT2D eigenvalue weighted by Crippen LogP contribution is 2.11. The molecule has 0 amide bonds. The number of carbonyl (C=O) groups excluding carboxylic acids is 2. The predicted octanol–water partition coefficient (Wildman–Crippen LogP) is 0.438. The van der Waals surface area contributed by atoms with Crippen LogP contribution < -0.4 is 0 Å². The van der Waals surface area contributed by atoms with Crippen molar-refractivity contribution in [2.24, 2.45) is 0 Å². The number of ketones is 1. The predicted molar refractivity (Wildman–Crippen MR) is 51.1 cm³/mol. The van der Waals surface area contributed by atoms with Crippen LogP contribution in [0.3, 0.4) is 0 Å². The van der Waals surface area contributed by atoms with Gasteiger partial charge in [0.1, 0.15) is 6.61 Å². The average Bonchev–Trinajstić information content (AvgIpc) is 2.31. The van der Waals surface area contributed by atoms with Gasteiger partial charge in [-0.1, -0.05) is 6.58 Å². The van der Waals surface area contributed by atoms with E-state index >= 15 is 0 Å². The lowest BCUT2D eigenvalue weighted by Gasteiger charge is -2.12. The summed E-state index contributed by atoms with van der Waals surface area (Å²) in [5.41, 5.74) is 0. The lowest BCUT2D eigenvalue weighted by atomic mass is 10.1. The van der Waals surface area contributed by atoms with E-state index in [0.717, 1.165) is 0 Å². The van der Waals surface area contributed by atoms with Crippen LogP contribution in [0.4, 0.5) is 0 Å². The number of hydrogen-bond donors (Lipinski definition) is 0. The first-order valence-corrected chi connectivity index (χ1v) is 4.68. The fourth-order valence-electron chi connectivity index (χ4n) is 1.22. The smallest absolute Gasteiger partial charge is 0.342 e. The summed E-state index contributed by atoms with van der Waals surface area (Å²) in [6.07, 6.45) is -0.529. The minimum atomic E-state index is -1.12. The molecule has 0 aliphatic carbocycles. The Morgan fingerprint density at radius 1 is 1.47 bits per heavy atom. The number of esters is 1. The van der Waals surface area contributed by atoms with Crippen molar-refractivity contribution in [3.63, 3.8) is 0 Å². The third-order valence-corrected chi connectivity index (χ3v) is 2.03. The van der Waals surface area contributed by atoms with Crippen molar-refractivity contribution >= 4 is 11.8 Å². The fourth-order valence-corrected chi connectivity index (χ4v) is 1.22. The Kier molecular flexibility index (Phi) is 4.30. The summed E-state index contributed by atoms with van der Waals surface area (Å²) in [5.74, 6) is -0.418. The van der Waals surface area contributed by atoms with Gasteiger partial charge in [0, 0.05) is 12.8 Å². The monoisotopic (exact) mass is 214 g/mol. The van der Waals surface area contributed by atoms with Crippen LogP contribution >= 0.6 is 0 Å². The van der Waals surface area contributed by atoms with Crippen molar-refractivity contribution in [2.75, 3.05) is 20.3 Å². The summed E-state index contributed by atoms with van der Waals surface area (Å²) in [7, 11) is 1.22. The molecule has 15 heavy (non-hydrogen) atoms. The third kappa shape index (κ3) is 3.36. The van der Waals surface area contributed by atoms with Crippen molar-refractivity contribution in [1.29, 1.82) is 0 Å². The molecule has 1 fully saturated rings. The molecule has 5 nitrogen and oxygen atoms in total. The summed E-state index contributed by atoms with van der Waals surface area (Å²) >= 11 is 0. The maximum Gasteiger partial charge on any atom is 0.342 e. The second-order valence-corrected chi connectivity index (χ2v) is 3.13. The molecule has 1 aliphatic rings. The molecule has 1 atom stereocenters. The number of Topliss-reactive ketones (excluding diaryl/α,β-unsaturated/α-hetero) is 1. The zero-order valence-electron chi connectivity index (χ0n) is 8.65. The SMILES string of the molecule is C=C1CCC(=O)C(C(=O)OC)OCCO1. The van der Waals surface area contributed by atoms with Gasteiger partial charge in [-0.2, -0.15) is 0 Å². The quantitative estimate of drug-likeness (QED) is 0.468. The topological polar surface area (TPSA) is 61.8 Å². The Hall–Kier alpha value is -1.36. The van der Waals surface area contributed by atoms with Gasteiger partial charge >= 0.3 is 5.97 Å². The van der Waals surface area contributed by atoms with Crippen LogP contribution in [0.2, 0.25) is 0 Å². The maximum absolute atomic E-state index is 11.5. The maximum atomic E-state index is 11.5. The molecule has 0 N–H and O–H groups in total. The molecule has 1 saturated heterocycles. The Labute approximate surface area is 88.0 Å². The molecule has 0 spiro atoms. The standard InChI is InChI=1S/C10H14O5/c1-7-3-4-8(11)9(10(12)13-2)15-6-5-14-7/h9H,1,3-6H2,2H3. The highest BCUT2D eigenvalue weighted by Gasteiger charge is 2.28. The highest BCUT2D eigenvalue weighted by molar-refractivity contribution is 6.02. The average molecular weight is 214 g/mol. The van der Waals surface area contributed by atoms with Crippen molar-refractivity contribution in [3.05, 3.63) is 12.3 Å². The molecule has 5 heteroatoms. The van der Waals surface area contributed by atoms with Gasteiger partial charge < -0.3 is 14.2 Å². The second-order valence-electron chi connectivity index (χ2n) is 3.13. The van der Waals surface area contributed by atoms with Crippen molar-refractivity contribution in [2.45, 2.75) is 18.9 Å². The Morgan fingerprint density at radius 3 is 2.87 bits per heavy atom. The van der Waals surface area contributed by atoms with Crippen LogP contribution in [0.5, 0.6) is 0 Å². The molecule has 1 rings (SSSR count). The van der Waals surface area contributed by atoms with Crippen LogP contribution in [0, 0.1) is 0 Å². The van der Waals surface area contributed by atoms with Gasteiger partial charge in [-0.3, -0.25) is 4.79 Å². The number of rotatable bonds is 1. The number of carbonyl (C=O) groups is 2. The van der Waals surface area contributed by atoms with E-state index < -0.39 is 12.1 Å². The number of hydrogen-bond acceptors (Lipinski definition) is 5. The van der Waals surface area contributed by atoms with Gasteiger partial charge in [-0.15, -0.1) is 0 Å². The molecule has 0 bridgehead atoms. The van der Waals surface area contributed by atoms with Gasteiger partial charge in [-0.25, -0.2) is 4.79 Å². The van der Waals surface area contributed by atoms with E-state index in [0.29, 0.717) is 18.8 Å². The zero-order chi connectivity index (χ0) is 11.3. The lowest BCUT2D eigenvalue weighted by Crippen LogP contribution is -2.34. The summed E-state index contributed by atoms with van der Waals surface area (Å²) in [4.78, 5) is 22.7. The van der Waals surface area contributed by atoms with Gasteiger partial charge in [0.2, 0.25) is 6.10 Å². The van der Waals surface area contributed by atoms with Crippen LogP contribution in [0.25, 0.3) is 0 Å². The van der Waals surface area contributed by atoms with Crippen LogP contribution in [0.15, 0.2) is 12.3 Å². The highest BCUT2D eigenvalue weighted by atomic mass is 16.6. The van der Waals surface area contributed by atoms with Gasteiger partial charge in [0.15, 0.2) is 5.78 Å². The molecule has 0 aromatic rings. The van der Waals surface area contributed by atoms with Gasteiger partial charge in [0.25, 0.3) is 0 Å². The first kappa shape index (κ1) is 11.7. The van der Waals surface area contributed by atoms with Crippen molar-refractivity contribution in [3.8, 4) is 0 Å². The molecule has 1 heterocycles. The van der Waals surface area contributed by atoms with E-state index in [9.17, 15) is 9.59 Å². The van der Waals surface area contributed by atoms with E-state index in [1.165, 1.54) is 7.11 Å². The van der Waals surface area contributed by atoms with Crippen LogP contribution in [-0.2, 0) is 23.8 Å². The summed E-state index contributed by atoms with van der Waals surface area (Å²) < 4.78 is 14.7. The van der Waals surface area contributed by atoms with E-state index in [2.05, 4.69) is 11.3 Å². The Morgan fingerprint density at radius 2 is 2.20 bits per heavy atom. The molecule has 84 valence electrons. The number of methoxy groups -OCH3 is 1. The first-order valence-electron chi connectivity index (χ1n) is 4.68.